The number of aliphatic carboxylic acids is 1. The van der Waals surface area contributed by atoms with E-state index in [0.29, 0.717) is 6.61 Å². The third-order valence-electron chi connectivity index (χ3n) is 4.76. The Hall–Kier alpha value is -3.60. The zero-order valence-electron chi connectivity index (χ0n) is 18.0. The molecule has 31 heavy (non-hydrogen) atoms. The first-order valence-electron chi connectivity index (χ1n) is 10.1. The Labute approximate surface area is 182 Å². The Morgan fingerprint density at radius 1 is 0.968 bits per heavy atom. The highest BCUT2D eigenvalue weighted by Crippen LogP contribution is 2.25. The van der Waals surface area contributed by atoms with Crippen LogP contribution in [0.15, 0.2) is 78.0 Å². The van der Waals surface area contributed by atoms with Gasteiger partial charge >= 0.3 is 5.97 Å². The van der Waals surface area contributed by atoms with Crippen LogP contribution < -0.4 is 4.74 Å². The van der Waals surface area contributed by atoms with Crippen LogP contribution in [0.1, 0.15) is 37.5 Å². The minimum absolute atomic E-state index is 0.143. The Balaban J connectivity index is 1.60. The van der Waals surface area contributed by atoms with Gasteiger partial charge < -0.3 is 14.7 Å². The van der Waals surface area contributed by atoms with Crippen LogP contribution >= 0.6 is 0 Å². The van der Waals surface area contributed by atoms with E-state index < -0.39 is 12.6 Å². The molecule has 0 aliphatic rings. The van der Waals surface area contributed by atoms with Crippen molar-refractivity contribution in [2.24, 2.45) is 5.16 Å². The molecule has 0 radical (unpaired) electrons. The third kappa shape index (κ3) is 6.71. The van der Waals surface area contributed by atoms with Crippen LogP contribution in [0.25, 0.3) is 11.1 Å². The molecule has 160 valence electrons. The molecule has 5 heteroatoms. The smallest absolute Gasteiger partial charge is 0.344 e. The first-order chi connectivity index (χ1) is 14.8. The Kier molecular flexibility index (Phi) is 7.08. The van der Waals surface area contributed by atoms with E-state index in [1.807, 2.05) is 48.5 Å². The number of hydrogen-bond acceptors (Lipinski definition) is 4. The fourth-order valence-corrected chi connectivity index (χ4v) is 3.00. The van der Waals surface area contributed by atoms with Gasteiger partial charge in [0.1, 0.15) is 12.4 Å². The van der Waals surface area contributed by atoms with E-state index in [1.165, 1.54) is 11.8 Å². The molecule has 3 aromatic carbocycles. The average Bonchev–Trinajstić information content (AvgIpc) is 2.75. The van der Waals surface area contributed by atoms with Crippen molar-refractivity contribution in [2.45, 2.75) is 32.8 Å². The minimum atomic E-state index is -1.06. The van der Waals surface area contributed by atoms with Gasteiger partial charge in [-0.1, -0.05) is 80.5 Å². The monoisotopic (exact) mass is 417 g/mol. The van der Waals surface area contributed by atoms with E-state index in [-0.39, 0.29) is 5.41 Å². The summed E-state index contributed by atoms with van der Waals surface area (Å²) in [4.78, 5) is 15.1. The number of rotatable bonds is 8. The molecule has 0 atom stereocenters. The van der Waals surface area contributed by atoms with E-state index in [1.54, 1.807) is 0 Å². The lowest BCUT2D eigenvalue weighted by Gasteiger charge is -2.19. The Bertz CT molecular complexity index is 1030. The lowest BCUT2D eigenvalue weighted by atomic mass is 9.87. The van der Waals surface area contributed by atoms with Gasteiger partial charge in [-0.25, -0.2) is 4.79 Å². The molecular weight excluding hydrogens is 390 g/mol. The normalized spacial score (nSPS) is 11.5. The summed E-state index contributed by atoms with van der Waals surface area (Å²) >= 11 is 0. The Morgan fingerprint density at radius 2 is 1.68 bits per heavy atom. The number of carbonyl (C=O) groups is 1. The van der Waals surface area contributed by atoms with E-state index in [9.17, 15) is 4.79 Å². The molecule has 3 rings (SSSR count). The molecule has 0 spiro atoms. The van der Waals surface area contributed by atoms with Crippen molar-refractivity contribution in [1.29, 1.82) is 0 Å². The second-order valence-corrected chi connectivity index (χ2v) is 8.29. The highest BCUT2D eigenvalue weighted by atomic mass is 16.6. The average molecular weight is 418 g/mol. The zero-order chi connectivity index (χ0) is 22.3. The van der Waals surface area contributed by atoms with Gasteiger partial charge in [0.2, 0.25) is 6.61 Å². The molecule has 5 nitrogen and oxygen atoms in total. The number of benzene rings is 3. The highest BCUT2D eigenvalue weighted by molar-refractivity contribution is 5.82. The van der Waals surface area contributed by atoms with Gasteiger partial charge in [-0.05, 0) is 51.4 Å². The SMILES string of the molecule is CC(C)(C)c1ccc(COc2ccc(-c3cccc(/C=N/OCC(=O)O)c3)cc2)cc1. The predicted molar refractivity (Wildman–Crippen MR) is 123 cm³/mol. The summed E-state index contributed by atoms with van der Waals surface area (Å²) in [7, 11) is 0. The van der Waals surface area contributed by atoms with Crippen LogP contribution in [0.2, 0.25) is 0 Å². The molecule has 3 aromatic rings. The second-order valence-electron chi connectivity index (χ2n) is 8.29. The molecule has 0 aliphatic heterocycles. The second kappa shape index (κ2) is 9.94. The fraction of sp³-hybridized carbons (Fsp3) is 0.231. The molecular formula is C26H27NO4. The summed E-state index contributed by atoms with van der Waals surface area (Å²) in [5.41, 5.74) is 5.47. The lowest BCUT2D eigenvalue weighted by Crippen LogP contribution is -2.10. The van der Waals surface area contributed by atoms with E-state index >= 15 is 0 Å². The van der Waals surface area contributed by atoms with Crippen LogP contribution in [0.5, 0.6) is 5.75 Å². The Morgan fingerprint density at radius 3 is 2.32 bits per heavy atom. The summed E-state index contributed by atoms with van der Waals surface area (Å²) in [6.45, 7) is 6.67. The van der Waals surface area contributed by atoms with Gasteiger partial charge in [0.25, 0.3) is 0 Å². The number of carboxylic acid groups (broad SMARTS) is 1. The summed E-state index contributed by atoms with van der Waals surface area (Å²) in [6.07, 6.45) is 1.49. The first kappa shape index (κ1) is 22.1. The standard InChI is InChI=1S/C26H27NO4/c1-26(2,3)23-11-7-19(8-12-23)17-30-24-13-9-21(10-14-24)22-6-4-5-20(15-22)16-27-31-18-25(28)29/h4-16H,17-18H2,1-3H3,(H,28,29)/b27-16+. The van der Waals surface area contributed by atoms with Crippen LogP contribution in [-0.4, -0.2) is 23.9 Å². The van der Waals surface area contributed by atoms with E-state index in [0.717, 1.165) is 28.0 Å². The van der Waals surface area contributed by atoms with Crippen molar-refractivity contribution in [3.8, 4) is 16.9 Å². The van der Waals surface area contributed by atoms with Gasteiger partial charge in [-0.15, -0.1) is 0 Å². The van der Waals surface area contributed by atoms with Gasteiger partial charge in [0, 0.05) is 0 Å². The molecule has 0 aromatic heterocycles. The number of carboxylic acids is 1. The largest absolute Gasteiger partial charge is 0.489 e. The maximum Gasteiger partial charge on any atom is 0.344 e. The molecule has 0 fully saturated rings. The topological polar surface area (TPSA) is 68.1 Å². The van der Waals surface area contributed by atoms with Crippen LogP contribution in [0, 0.1) is 0 Å². The van der Waals surface area contributed by atoms with Crippen LogP contribution in [0.3, 0.4) is 0 Å². The first-order valence-corrected chi connectivity index (χ1v) is 10.1. The third-order valence-corrected chi connectivity index (χ3v) is 4.76. The fourth-order valence-electron chi connectivity index (χ4n) is 3.00. The number of ether oxygens (including phenoxy) is 1. The zero-order valence-corrected chi connectivity index (χ0v) is 18.0. The summed E-state index contributed by atoms with van der Waals surface area (Å²) in [5, 5.41) is 12.2. The summed E-state index contributed by atoms with van der Waals surface area (Å²) in [6, 6.07) is 24.2. The van der Waals surface area contributed by atoms with Gasteiger partial charge in [-0.2, -0.15) is 0 Å². The van der Waals surface area contributed by atoms with Crippen molar-refractivity contribution in [1.82, 2.24) is 0 Å². The molecule has 0 saturated carbocycles. The van der Waals surface area contributed by atoms with Crippen molar-refractivity contribution in [3.63, 3.8) is 0 Å². The molecule has 0 bridgehead atoms. The van der Waals surface area contributed by atoms with Crippen molar-refractivity contribution in [2.75, 3.05) is 6.61 Å². The molecule has 0 amide bonds. The highest BCUT2D eigenvalue weighted by Gasteiger charge is 2.12. The summed E-state index contributed by atoms with van der Waals surface area (Å²) < 4.78 is 5.93. The minimum Gasteiger partial charge on any atom is -0.489 e. The maximum atomic E-state index is 10.4. The molecule has 0 unspecified atom stereocenters. The number of oxime groups is 1. The van der Waals surface area contributed by atoms with E-state index in [2.05, 4.69) is 50.2 Å². The number of hydrogen-bond donors (Lipinski definition) is 1. The van der Waals surface area contributed by atoms with Crippen molar-refractivity contribution < 1.29 is 19.5 Å². The molecule has 0 saturated heterocycles. The van der Waals surface area contributed by atoms with Gasteiger partial charge in [0.15, 0.2) is 0 Å². The van der Waals surface area contributed by atoms with E-state index in [4.69, 9.17) is 14.7 Å². The van der Waals surface area contributed by atoms with Crippen molar-refractivity contribution in [3.05, 3.63) is 89.5 Å². The van der Waals surface area contributed by atoms with Crippen LogP contribution in [0.4, 0.5) is 0 Å². The lowest BCUT2D eigenvalue weighted by molar-refractivity contribution is -0.142. The molecule has 0 aliphatic carbocycles. The molecule has 1 N–H and O–H groups in total. The van der Waals surface area contributed by atoms with Crippen molar-refractivity contribution >= 4 is 12.2 Å². The maximum absolute atomic E-state index is 10.4. The van der Waals surface area contributed by atoms with Gasteiger partial charge in [-0.3, -0.25) is 0 Å². The quantitative estimate of drug-likeness (QED) is 0.379. The van der Waals surface area contributed by atoms with Crippen LogP contribution in [-0.2, 0) is 21.7 Å². The van der Waals surface area contributed by atoms with Gasteiger partial charge in [0.05, 0.1) is 6.21 Å². The molecule has 0 heterocycles. The number of nitrogens with zero attached hydrogens (tertiary/aromatic N) is 1. The predicted octanol–water partition coefficient (Wildman–Crippen LogP) is 5.67. The summed E-state index contributed by atoms with van der Waals surface area (Å²) in [5.74, 6) is -0.251.